The molecule has 0 radical (unpaired) electrons. The van der Waals surface area contributed by atoms with Gasteiger partial charge in [0, 0.05) is 0 Å². The van der Waals surface area contributed by atoms with Gasteiger partial charge in [0.15, 0.2) is 5.96 Å². The smallest absolute Gasteiger partial charge is 0.329 e. The first kappa shape index (κ1) is 14.4. The number of carbonyl (C=O) groups excluding carboxylic acids is 2. The topological polar surface area (TPSA) is 114 Å². The molecule has 1 unspecified atom stereocenters. The molecule has 1 saturated carbocycles. The van der Waals surface area contributed by atoms with Crippen molar-refractivity contribution >= 4 is 23.6 Å². The monoisotopic (exact) mass is 301 g/mol. The summed E-state index contributed by atoms with van der Waals surface area (Å²) in [7, 11) is 0. The summed E-state index contributed by atoms with van der Waals surface area (Å²) in [5.41, 5.74) is 11.2. The van der Waals surface area contributed by atoms with Crippen molar-refractivity contribution in [3.63, 3.8) is 0 Å². The van der Waals surface area contributed by atoms with Crippen LogP contribution in [0.5, 0.6) is 0 Å². The second-order valence-electron chi connectivity index (χ2n) is 5.96. The summed E-state index contributed by atoms with van der Waals surface area (Å²) < 4.78 is 0. The highest BCUT2D eigenvalue weighted by Crippen LogP contribution is 2.43. The zero-order valence-corrected chi connectivity index (χ0v) is 12.4. The molecule has 1 aliphatic heterocycles. The number of benzene rings is 1. The molecule has 7 nitrogen and oxygen atoms in total. The van der Waals surface area contributed by atoms with Crippen molar-refractivity contribution in [2.75, 3.05) is 4.90 Å². The van der Waals surface area contributed by atoms with E-state index in [2.05, 4.69) is 10.3 Å². The van der Waals surface area contributed by atoms with Gasteiger partial charge in [0.2, 0.25) is 0 Å². The van der Waals surface area contributed by atoms with Crippen LogP contribution in [0.3, 0.4) is 0 Å². The van der Waals surface area contributed by atoms with Gasteiger partial charge in [-0.1, -0.05) is 12.1 Å². The Morgan fingerprint density at radius 2 is 2.14 bits per heavy atom. The maximum absolute atomic E-state index is 12.7. The van der Waals surface area contributed by atoms with Gasteiger partial charge in [-0.05, 0) is 43.4 Å². The number of guanidine groups is 1. The summed E-state index contributed by atoms with van der Waals surface area (Å²) in [5, 5.41) is 2.83. The average molecular weight is 301 g/mol. The highest BCUT2D eigenvalue weighted by Gasteiger charge is 2.56. The van der Waals surface area contributed by atoms with Gasteiger partial charge in [-0.25, -0.2) is 14.7 Å². The van der Waals surface area contributed by atoms with Crippen LogP contribution in [0, 0.1) is 5.92 Å². The standard InChI is InChI=1S/C15H19N5O2/c1-15(10-5-6-10)12(21)20(14(22)19-15)11-4-2-3-9(7-11)8-18-13(16)17/h2-4,7,10H,5-6,8H2,1H3,(H,19,22)(H4,16,17,18). The van der Waals surface area contributed by atoms with E-state index in [0.29, 0.717) is 12.2 Å². The highest BCUT2D eigenvalue weighted by atomic mass is 16.2. The molecule has 0 bridgehead atoms. The Hall–Kier alpha value is -2.57. The summed E-state index contributed by atoms with van der Waals surface area (Å²) in [6.07, 6.45) is 1.95. The van der Waals surface area contributed by atoms with E-state index in [1.54, 1.807) is 25.1 Å². The number of aliphatic imine (C=N–C) groups is 1. The molecule has 5 N–H and O–H groups in total. The van der Waals surface area contributed by atoms with E-state index in [0.717, 1.165) is 18.4 Å². The number of hydrogen-bond acceptors (Lipinski definition) is 3. The van der Waals surface area contributed by atoms with E-state index in [9.17, 15) is 9.59 Å². The zero-order valence-electron chi connectivity index (χ0n) is 12.4. The predicted molar refractivity (Wildman–Crippen MR) is 83.1 cm³/mol. The van der Waals surface area contributed by atoms with Gasteiger partial charge in [0.1, 0.15) is 5.54 Å². The molecular weight excluding hydrogens is 282 g/mol. The minimum absolute atomic E-state index is 0.00158. The third-order valence-electron chi connectivity index (χ3n) is 4.22. The molecule has 2 fully saturated rings. The number of imide groups is 1. The van der Waals surface area contributed by atoms with Crippen molar-refractivity contribution in [2.45, 2.75) is 31.8 Å². The molecule has 7 heteroatoms. The van der Waals surface area contributed by atoms with Crippen molar-refractivity contribution in [3.8, 4) is 0 Å². The number of anilines is 1. The Morgan fingerprint density at radius 3 is 2.77 bits per heavy atom. The molecule has 2 aliphatic rings. The Bertz CT molecular complexity index is 664. The van der Waals surface area contributed by atoms with Gasteiger partial charge >= 0.3 is 6.03 Å². The number of nitrogens with zero attached hydrogens (tertiary/aromatic N) is 2. The Labute approximate surface area is 128 Å². The molecule has 3 rings (SSSR count). The lowest BCUT2D eigenvalue weighted by Gasteiger charge is -2.21. The van der Waals surface area contributed by atoms with Crippen LogP contribution in [0.25, 0.3) is 0 Å². The minimum Gasteiger partial charge on any atom is -0.370 e. The number of hydrogen-bond donors (Lipinski definition) is 3. The first-order chi connectivity index (χ1) is 10.4. The lowest BCUT2D eigenvalue weighted by Crippen LogP contribution is -2.46. The first-order valence-electron chi connectivity index (χ1n) is 7.23. The number of nitrogens with two attached hydrogens (primary N) is 2. The molecular formula is C15H19N5O2. The number of amides is 3. The fraction of sp³-hybridized carbons (Fsp3) is 0.400. The van der Waals surface area contributed by atoms with Crippen LogP contribution in [0.1, 0.15) is 25.3 Å². The van der Waals surface area contributed by atoms with Gasteiger partial charge in [-0.15, -0.1) is 0 Å². The molecule has 0 aromatic heterocycles. The number of rotatable bonds is 4. The van der Waals surface area contributed by atoms with E-state index in [1.807, 2.05) is 6.07 Å². The van der Waals surface area contributed by atoms with Gasteiger partial charge in [-0.3, -0.25) is 4.79 Å². The minimum atomic E-state index is -0.785. The maximum atomic E-state index is 12.7. The van der Waals surface area contributed by atoms with Crippen LogP contribution < -0.4 is 21.7 Å². The predicted octanol–water partition coefficient (Wildman–Crippen LogP) is 0.685. The summed E-state index contributed by atoms with van der Waals surface area (Å²) in [4.78, 5) is 30.1. The van der Waals surface area contributed by atoms with Crippen LogP contribution in [0.4, 0.5) is 10.5 Å². The number of carbonyl (C=O) groups is 2. The van der Waals surface area contributed by atoms with Crippen LogP contribution in [-0.4, -0.2) is 23.4 Å². The SMILES string of the molecule is CC1(C2CC2)NC(=O)N(c2cccc(CN=C(N)N)c2)C1=O. The van der Waals surface area contributed by atoms with Gasteiger partial charge in [-0.2, -0.15) is 0 Å². The summed E-state index contributed by atoms with van der Waals surface area (Å²) in [6, 6.07) is 6.73. The fourth-order valence-corrected chi connectivity index (χ4v) is 2.80. The normalized spacial score (nSPS) is 24.3. The van der Waals surface area contributed by atoms with Crippen molar-refractivity contribution in [1.82, 2.24) is 5.32 Å². The Balaban J connectivity index is 1.87. The summed E-state index contributed by atoms with van der Waals surface area (Å²) in [6.45, 7) is 2.11. The lowest BCUT2D eigenvalue weighted by molar-refractivity contribution is -0.122. The molecule has 22 heavy (non-hydrogen) atoms. The van der Waals surface area contributed by atoms with E-state index >= 15 is 0 Å². The fourth-order valence-electron chi connectivity index (χ4n) is 2.80. The van der Waals surface area contributed by atoms with Crippen LogP contribution in [0.15, 0.2) is 29.3 Å². The second kappa shape index (κ2) is 5.01. The summed E-state index contributed by atoms with van der Waals surface area (Å²) in [5.74, 6) is 0.0412. The van der Waals surface area contributed by atoms with Crippen LogP contribution >= 0.6 is 0 Å². The summed E-state index contributed by atoms with van der Waals surface area (Å²) >= 11 is 0. The molecule has 1 saturated heterocycles. The molecule has 116 valence electrons. The zero-order chi connectivity index (χ0) is 15.9. The van der Waals surface area contributed by atoms with Crippen LogP contribution in [0.2, 0.25) is 0 Å². The molecule has 1 heterocycles. The van der Waals surface area contributed by atoms with Crippen molar-refractivity contribution < 1.29 is 9.59 Å². The van der Waals surface area contributed by atoms with E-state index in [-0.39, 0.29) is 23.8 Å². The molecule has 0 spiro atoms. The Kier molecular flexibility index (Phi) is 3.27. The maximum Gasteiger partial charge on any atom is 0.329 e. The van der Waals surface area contributed by atoms with E-state index in [4.69, 9.17) is 11.5 Å². The van der Waals surface area contributed by atoms with E-state index < -0.39 is 5.54 Å². The molecule has 3 amide bonds. The van der Waals surface area contributed by atoms with E-state index in [1.165, 1.54) is 4.90 Å². The molecule has 1 aromatic carbocycles. The van der Waals surface area contributed by atoms with Crippen molar-refractivity contribution in [3.05, 3.63) is 29.8 Å². The third-order valence-corrected chi connectivity index (χ3v) is 4.22. The number of urea groups is 1. The third kappa shape index (κ3) is 2.38. The first-order valence-corrected chi connectivity index (χ1v) is 7.23. The van der Waals surface area contributed by atoms with Crippen LogP contribution in [-0.2, 0) is 11.3 Å². The van der Waals surface area contributed by atoms with Gasteiger partial charge in [0.05, 0.1) is 12.2 Å². The largest absolute Gasteiger partial charge is 0.370 e. The Morgan fingerprint density at radius 1 is 1.41 bits per heavy atom. The molecule has 1 aliphatic carbocycles. The second-order valence-corrected chi connectivity index (χ2v) is 5.96. The van der Waals surface area contributed by atoms with Gasteiger partial charge < -0.3 is 16.8 Å². The quantitative estimate of drug-likeness (QED) is 0.431. The lowest BCUT2D eigenvalue weighted by atomic mass is 9.96. The molecule has 1 atom stereocenters. The average Bonchev–Trinajstić information content (AvgIpc) is 3.27. The highest BCUT2D eigenvalue weighted by molar-refractivity contribution is 6.23. The molecule has 1 aromatic rings. The van der Waals surface area contributed by atoms with Gasteiger partial charge in [0.25, 0.3) is 5.91 Å². The number of nitrogens with one attached hydrogen (secondary N) is 1. The van der Waals surface area contributed by atoms with Crippen molar-refractivity contribution in [2.24, 2.45) is 22.4 Å². The van der Waals surface area contributed by atoms with Crippen molar-refractivity contribution in [1.29, 1.82) is 0 Å².